The first-order valence-corrected chi connectivity index (χ1v) is 6.73. The molecular formula is C14H24N2. The zero-order valence-corrected chi connectivity index (χ0v) is 10.8. The Kier molecular flexibility index (Phi) is 3.70. The Morgan fingerprint density at radius 2 is 2.19 bits per heavy atom. The molecule has 2 heteroatoms. The summed E-state index contributed by atoms with van der Waals surface area (Å²) >= 11 is 0. The highest BCUT2D eigenvalue weighted by atomic mass is 15.2. The number of nitrogens with one attached hydrogen (secondary N) is 1. The molecule has 2 nitrogen and oxygen atoms in total. The Morgan fingerprint density at radius 1 is 1.38 bits per heavy atom. The van der Waals surface area contributed by atoms with E-state index in [1.54, 1.807) is 5.56 Å². The topological polar surface area (TPSA) is 19.0 Å². The number of nitrogens with zero attached hydrogens (tertiary/aromatic N) is 1. The van der Waals surface area contributed by atoms with Gasteiger partial charge in [0.1, 0.15) is 0 Å². The van der Waals surface area contributed by atoms with Crippen molar-refractivity contribution in [1.82, 2.24) is 9.88 Å². The average molecular weight is 220 g/mol. The lowest BCUT2D eigenvalue weighted by Crippen LogP contribution is -2.43. The van der Waals surface area contributed by atoms with Crippen LogP contribution in [0.2, 0.25) is 0 Å². The number of hydrogen-bond donors (Lipinski definition) is 1. The van der Waals surface area contributed by atoms with Gasteiger partial charge in [0, 0.05) is 30.4 Å². The number of rotatable bonds is 4. The molecule has 0 amide bonds. The van der Waals surface area contributed by atoms with Gasteiger partial charge in [0.15, 0.2) is 0 Å². The molecule has 2 rings (SSSR count). The second-order valence-electron chi connectivity index (χ2n) is 4.81. The van der Waals surface area contributed by atoms with E-state index in [0.29, 0.717) is 6.04 Å². The second kappa shape index (κ2) is 5.05. The van der Waals surface area contributed by atoms with E-state index in [1.807, 2.05) is 0 Å². The molecule has 1 aromatic heterocycles. The van der Waals surface area contributed by atoms with Crippen molar-refractivity contribution in [3.05, 3.63) is 23.5 Å². The lowest BCUT2D eigenvalue weighted by atomic mass is 9.90. The van der Waals surface area contributed by atoms with Crippen LogP contribution in [0.5, 0.6) is 0 Å². The third-order valence-corrected chi connectivity index (χ3v) is 3.94. The Bertz CT molecular complexity index is 329. The summed E-state index contributed by atoms with van der Waals surface area (Å²) in [5.74, 6) is 0. The molecule has 0 radical (unpaired) electrons. The summed E-state index contributed by atoms with van der Waals surface area (Å²) in [6, 6.07) is 3.66. The van der Waals surface area contributed by atoms with Crippen LogP contribution in [0.25, 0.3) is 0 Å². The second-order valence-corrected chi connectivity index (χ2v) is 4.81. The van der Waals surface area contributed by atoms with Crippen molar-refractivity contribution in [2.75, 3.05) is 6.54 Å². The monoisotopic (exact) mass is 220 g/mol. The van der Waals surface area contributed by atoms with Crippen LogP contribution in [-0.4, -0.2) is 22.5 Å². The molecule has 90 valence electrons. The van der Waals surface area contributed by atoms with E-state index in [1.165, 1.54) is 37.9 Å². The highest BCUT2D eigenvalue weighted by molar-refractivity contribution is 5.28. The molecule has 0 aromatic carbocycles. The number of hydrogen-bond acceptors (Lipinski definition) is 1. The zero-order chi connectivity index (χ0) is 11.5. The fourth-order valence-corrected chi connectivity index (χ4v) is 3.14. The van der Waals surface area contributed by atoms with Crippen LogP contribution >= 0.6 is 0 Å². The molecule has 1 aliphatic rings. The molecule has 1 N–H and O–H groups in total. The first-order valence-electron chi connectivity index (χ1n) is 6.73. The maximum Gasteiger partial charge on any atom is 0.0368 e. The molecule has 0 unspecified atom stereocenters. The van der Waals surface area contributed by atoms with Gasteiger partial charge >= 0.3 is 0 Å². The standard InChI is InChI=1S/C14H24N2/c1-4-7-14-12-8-9-15-13(12)10-11(5-2)16(14)6-3/h8-9,11,14-15H,4-7,10H2,1-3H3/t11-,14-/m1/s1. The third kappa shape index (κ3) is 1.91. The maximum absolute atomic E-state index is 3.43. The van der Waals surface area contributed by atoms with Gasteiger partial charge in [-0.25, -0.2) is 0 Å². The Balaban J connectivity index is 2.30. The lowest BCUT2D eigenvalue weighted by Gasteiger charge is -2.41. The summed E-state index contributed by atoms with van der Waals surface area (Å²) in [6.45, 7) is 8.07. The fourth-order valence-electron chi connectivity index (χ4n) is 3.14. The zero-order valence-electron chi connectivity index (χ0n) is 10.8. The van der Waals surface area contributed by atoms with Crippen molar-refractivity contribution in [2.45, 2.75) is 58.5 Å². The van der Waals surface area contributed by atoms with Gasteiger partial charge in [-0.05, 0) is 31.0 Å². The number of aromatic amines is 1. The largest absolute Gasteiger partial charge is 0.365 e. The van der Waals surface area contributed by atoms with Gasteiger partial charge in [0.05, 0.1) is 0 Å². The molecule has 0 fully saturated rings. The van der Waals surface area contributed by atoms with E-state index in [4.69, 9.17) is 0 Å². The summed E-state index contributed by atoms with van der Waals surface area (Å²) in [5.41, 5.74) is 3.03. The van der Waals surface area contributed by atoms with Crippen LogP contribution in [0.3, 0.4) is 0 Å². The van der Waals surface area contributed by atoms with Crippen molar-refractivity contribution < 1.29 is 0 Å². The summed E-state index contributed by atoms with van der Waals surface area (Å²) < 4.78 is 0. The van der Waals surface area contributed by atoms with E-state index in [9.17, 15) is 0 Å². The van der Waals surface area contributed by atoms with Crippen LogP contribution in [0.1, 0.15) is 57.3 Å². The van der Waals surface area contributed by atoms with Crippen LogP contribution < -0.4 is 0 Å². The maximum atomic E-state index is 3.43. The molecule has 1 aromatic rings. The van der Waals surface area contributed by atoms with Gasteiger partial charge in [-0.3, -0.25) is 4.90 Å². The minimum atomic E-state index is 0.648. The molecule has 2 atom stereocenters. The number of likely N-dealkylation sites (N-methyl/N-ethyl adjacent to an activating group) is 1. The van der Waals surface area contributed by atoms with Crippen molar-refractivity contribution in [3.63, 3.8) is 0 Å². The molecule has 0 bridgehead atoms. The summed E-state index contributed by atoms with van der Waals surface area (Å²) in [4.78, 5) is 6.12. The van der Waals surface area contributed by atoms with Crippen molar-refractivity contribution in [1.29, 1.82) is 0 Å². The van der Waals surface area contributed by atoms with E-state index in [2.05, 4.69) is 42.9 Å². The van der Waals surface area contributed by atoms with Crippen LogP contribution in [0, 0.1) is 0 Å². The quantitative estimate of drug-likeness (QED) is 0.822. The van der Waals surface area contributed by atoms with Crippen molar-refractivity contribution >= 4 is 0 Å². The molecular weight excluding hydrogens is 196 g/mol. The summed E-state index contributed by atoms with van der Waals surface area (Å²) in [7, 11) is 0. The highest BCUT2D eigenvalue weighted by Crippen LogP contribution is 2.36. The molecule has 2 heterocycles. The van der Waals surface area contributed by atoms with Crippen LogP contribution in [0.15, 0.2) is 12.3 Å². The molecule has 0 spiro atoms. The third-order valence-electron chi connectivity index (χ3n) is 3.94. The van der Waals surface area contributed by atoms with Gasteiger partial charge < -0.3 is 4.98 Å². The van der Waals surface area contributed by atoms with E-state index in [-0.39, 0.29) is 0 Å². The van der Waals surface area contributed by atoms with E-state index < -0.39 is 0 Å². The van der Waals surface area contributed by atoms with Crippen LogP contribution in [0.4, 0.5) is 0 Å². The summed E-state index contributed by atoms with van der Waals surface area (Å²) in [5, 5.41) is 0. The Hall–Kier alpha value is -0.760. The van der Waals surface area contributed by atoms with E-state index >= 15 is 0 Å². The number of H-pyrrole nitrogens is 1. The normalized spacial score (nSPS) is 25.7. The van der Waals surface area contributed by atoms with Crippen molar-refractivity contribution in [3.8, 4) is 0 Å². The van der Waals surface area contributed by atoms with Gasteiger partial charge in [-0.15, -0.1) is 0 Å². The average Bonchev–Trinajstić information content (AvgIpc) is 2.76. The first-order chi connectivity index (χ1) is 7.81. The van der Waals surface area contributed by atoms with E-state index in [0.717, 1.165) is 6.04 Å². The number of fused-ring (bicyclic) bond motifs is 1. The smallest absolute Gasteiger partial charge is 0.0368 e. The Labute approximate surface area is 99.0 Å². The summed E-state index contributed by atoms with van der Waals surface area (Å²) in [6.07, 6.45) is 7.12. The van der Waals surface area contributed by atoms with Gasteiger partial charge in [0.25, 0.3) is 0 Å². The molecule has 1 aliphatic heterocycles. The molecule has 0 saturated heterocycles. The van der Waals surface area contributed by atoms with Gasteiger partial charge in [0.2, 0.25) is 0 Å². The molecule has 0 aliphatic carbocycles. The van der Waals surface area contributed by atoms with Crippen LogP contribution in [-0.2, 0) is 6.42 Å². The highest BCUT2D eigenvalue weighted by Gasteiger charge is 2.32. The molecule has 16 heavy (non-hydrogen) atoms. The van der Waals surface area contributed by atoms with Crippen molar-refractivity contribution in [2.24, 2.45) is 0 Å². The predicted molar refractivity (Wildman–Crippen MR) is 68.6 cm³/mol. The number of aromatic nitrogens is 1. The minimum absolute atomic E-state index is 0.648. The van der Waals surface area contributed by atoms with Gasteiger partial charge in [-0.2, -0.15) is 0 Å². The fraction of sp³-hybridized carbons (Fsp3) is 0.714. The predicted octanol–water partition coefficient (Wildman–Crippen LogP) is 3.51. The Morgan fingerprint density at radius 3 is 2.81 bits per heavy atom. The lowest BCUT2D eigenvalue weighted by molar-refractivity contribution is 0.113. The SMILES string of the molecule is CCC[C@@H]1c2cc[nH]c2C[C@@H](CC)N1CC. The first kappa shape index (κ1) is 11.7. The minimum Gasteiger partial charge on any atom is -0.365 e. The van der Waals surface area contributed by atoms with Gasteiger partial charge in [-0.1, -0.05) is 27.2 Å². The molecule has 0 saturated carbocycles.